The second-order valence-electron chi connectivity index (χ2n) is 3.66. The maximum Gasteiger partial charge on any atom is 0.195 e. The van der Waals surface area contributed by atoms with Crippen LogP contribution in [0.3, 0.4) is 0 Å². The minimum absolute atomic E-state index is 0.730. The molecule has 0 aliphatic carbocycles. The normalized spacial score (nSPS) is 9.93. The topological polar surface area (TPSA) is 18.8 Å². The Labute approximate surface area is 104 Å². The fraction of sp³-hybridized carbons (Fsp3) is 0.500. The molecule has 1 rings (SSSR count). The van der Waals surface area contributed by atoms with Crippen LogP contribution >= 0.6 is 27.3 Å². The number of hydrogen-bond donors (Lipinski definition) is 0. The van der Waals surface area contributed by atoms with Gasteiger partial charge in [-0.2, -0.15) is 0 Å². The van der Waals surface area contributed by atoms with Crippen LogP contribution in [0.1, 0.15) is 5.56 Å². The first-order chi connectivity index (χ1) is 7.00. The van der Waals surface area contributed by atoms with Gasteiger partial charge in [-0.15, -0.1) is 11.3 Å². The van der Waals surface area contributed by atoms with E-state index in [9.17, 15) is 0 Å². The van der Waals surface area contributed by atoms with Crippen molar-refractivity contribution in [2.75, 3.05) is 28.2 Å². The summed E-state index contributed by atoms with van der Waals surface area (Å²) in [5.74, 6) is 0.984. The van der Waals surface area contributed by atoms with Crippen molar-refractivity contribution in [1.82, 2.24) is 9.80 Å². The van der Waals surface area contributed by atoms with Gasteiger partial charge in [-0.25, -0.2) is 4.99 Å². The van der Waals surface area contributed by atoms with Gasteiger partial charge in [-0.3, -0.25) is 0 Å². The summed E-state index contributed by atoms with van der Waals surface area (Å²) in [6, 6.07) is 2.11. The van der Waals surface area contributed by atoms with Crippen LogP contribution in [0.4, 0.5) is 0 Å². The van der Waals surface area contributed by atoms with E-state index in [2.05, 4.69) is 32.4 Å². The number of nitrogens with zero attached hydrogens (tertiary/aromatic N) is 3. The molecule has 1 aromatic heterocycles. The summed E-state index contributed by atoms with van der Waals surface area (Å²) in [7, 11) is 8.01. The molecule has 0 aromatic carbocycles. The zero-order valence-electron chi connectivity index (χ0n) is 9.49. The number of rotatable bonds is 2. The lowest BCUT2D eigenvalue weighted by molar-refractivity contribution is 0.479. The molecule has 5 heteroatoms. The van der Waals surface area contributed by atoms with Gasteiger partial charge in [0.25, 0.3) is 0 Å². The summed E-state index contributed by atoms with van der Waals surface area (Å²) in [6.07, 6.45) is 0. The van der Waals surface area contributed by atoms with Crippen molar-refractivity contribution in [1.29, 1.82) is 0 Å². The van der Waals surface area contributed by atoms with Gasteiger partial charge in [0.2, 0.25) is 0 Å². The van der Waals surface area contributed by atoms with E-state index in [0.717, 1.165) is 16.3 Å². The second-order valence-corrected chi connectivity index (χ2v) is 5.95. The zero-order valence-corrected chi connectivity index (χ0v) is 11.9. The van der Waals surface area contributed by atoms with Gasteiger partial charge < -0.3 is 9.80 Å². The van der Waals surface area contributed by atoms with E-state index < -0.39 is 0 Å². The minimum atomic E-state index is 0.730. The highest BCUT2D eigenvalue weighted by molar-refractivity contribution is 9.11. The number of guanidine groups is 1. The highest BCUT2D eigenvalue weighted by atomic mass is 79.9. The lowest BCUT2D eigenvalue weighted by Crippen LogP contribution is -2.35. The molecule has 0 spiro atoms. The number of thiophene rings is 1. The Kier molecular flexibility index (Phi) is 4.60. The maximum atomic E-state index is 4.56. The van der Waals surface area contributed by atoms with Gasteiger partial charge in [0.15, 0.2) is 5.96 Å². The Morgan fingerprint density at radius 1 is 1.33 bits per heavy atom. The van der Waals surface area contributed by atoms with Crippen LogP contribution in [0.2, 0.25) is 0 Å². The molecule has 0 aliphatic rings. The van der Waals surface area contributed by atoms with E-state index in [1.807, 2.05) is 38.0 Å². The third-order valence-electron chi connectivity index (χ3n) is 1.82. The van der Waals surface area contributed by atoms with Crippen LogP contribution in [0.25, 0.3) is 0 Å². The van der Waals surface area contributed by atoms with E-state index in [0.29, 0.717) is 0 Å². The Morgan fingerprint density at radius 3 is 2.33 bits per heavy atom. The third kappa shape index (κ3) is 3.83. The fourth-order valence-electron chi connectivity index (χ4n) is 1.27. The molecular formula is C10H16BrN3S. The molecule has 0 saturated heterocycles. The van der Waals surface area contributed by atoms with Gasteiger partial charge in [-0.05, 0) is 32.9 Å². The van der Waals surface area contributed by atoms with Gasteiger partial charge >= 0.3 is 0 Å². The number of hydrogen-bond acceptors (Lipinski definition) is 2. The average molecular weight is 290 g/mol. The maximum absolute atomic E-state index is 4.56. The SMILES string of the molecule is CN(C)C(=NCc1csc(Br)c1)N(C)C. The molecule has 3 nitrogen and oxygen atoms in total. The van der Waals surface area contributed by atoms with Crippen LogP contribution in [0.5, 0.6) is 0 Å². The van der Waals surface area contributed by atoms with Crippen molar-refractivity contribution < 1.29 is 0 Å². The molecule has 15 heavy (non-hydrogen) atoms. The Morgan fingerprint density at radius 2 is 1.93 bits per heavy atom. The van der Waals surface area contributed by atoms with Gasteiger partial charge in [-0.1, -0.05) is 0 Å². The largest absolute Gasteiger partial charge is 0.349 e. The molecule has 1 heterocycles. The van der Waals surface area contributed by atoms with E-state index in [1.165, 1.54) is 5.56 Å². The van der Waals surface area contributed by atoms with Crippen LogP contribution < -0.4 is 0 Å². The standard InChI is InChI=1S/C10H16BrN3S/c1-13(2)10(14(3)4)12-6-8-5-9(11)15-7-8/h5,7H,6H2,1-4H3. The molecule has 0 unspecified atom stereocenters. The van der Waals surface area contributed by atoms with E-state index in [1.54, 1.807) is 11.3 Å². The molecule has 0 aliphatic heterocycles. The van der Waals surface area contributed by atoms with Crippen LogP contribution in [0, 0.1) is 0 Å². The quantitative estimate of drug-likeness (QED) is 0.615. The Hall–Kier alpha value is -0.550. The summed E-state index contributed by atoms with van der Waals surface area (Å²) >= 11 is 5.14. The van der Waals surface area contributed by atoms with Crippen molar-refractivity contribution in [3.8, 4) is 0 Å². The highest BCUT2D eigenvalue weighted by Gasteiger charge is 2.04. The third-order valence-corrected chi connectivity index (χ3v) is 3.38. The number of halogens is 1. The first-order valence-corrected chi connectivity index (χ1v) is 6.30. The predicted octanol–water partition coefficient (Wildman–Crippen LogP) is 2.49. The molecule has 0 radical (unpaired) electrons. The van der Waals surface area contributed by atoms with Crippen LogP contribution in [0.15, 0.2) is 20.2 Å². The van der Waals surface area contributed by atoms with Crippen molar-refractivity contribution in [3.05, 3.63) is 20.8 Å². The zero-order chi connectivity index (χ0) is 11.4. The van der Waals surface area contributed by atoms with Crippen molar-refractivity contribution in [2.24, 2.45) is 4.99 Å². The summed E-state index contributed by atoms with van der Waals surface area (Å²) in [6.45, 7) is 0.730. The highest BCUT2D eigenvalue weighted by Crippen LogP contribution is 2.21. The average Bonchev–Trinajstić information content (AvgIpc) is 2.50. The van der Waals surface area contributed by atoms with Crippen molar-refractivity contribution >= 4 is 33.2 Å². The molecule has 0 bridgehead atoms. The van der Waals surface area contributed by atoms with E-state index >= 15 is 0 Å². The molecule has 1 aromatic rings. The molecule has 0 amide bonds. The molecule has 84 valence electrons. The monoisotopic (exact) mass is 289 g/mol. The predicted molar refractivity (Wildman–Crippen MR) is 70.5 cm³/mol. The smallest absolute Gasteiger partial charge is 0.195 e. The molecule has 0 N–H and O–H groups in total. The Balaban J connectivity index is 2.69. The van der Waals surface area contributed by atoms with Gasteiger partial charge in [0, 0.05) is 28.2 Å². The van der Waals surface area contributed by atoms with Crippen LogP contribution in [-0.2, 0) is 6.54 Å². The molecule has 0 saturated carbocycles. The van der Waals surface area contributed by atoms with Crippen LogP contribution in [-0.4, -0.2) is 44.0 Å². The lowest BCUT2D eigenvalue weighted by Gasteiger charge is -2.22. The summed E-state index contributed by atoms with van der Waals surface area (Å²) in [5, 5.41) is 2.12. The van der Waals surface area contributed by atoms with Gasteiger partial charge in [0.05, 0.1) is 10.3 Å². The van der Waals surface area contributed by atoms with E-state index in [4.69, 9.17) is 0 Å². The molecule has 0 fully saturated rings. The van der Waals surface area contributed by atoms with Crippen molar-refractivity contribution in [2.45, 2.75) is 6.54 Å². The number of aliphatic imine (C=N–C) groups is 1. The first kappa shape index (κ1) is 12.5. The van der Waals surface area contributed by atoms with Crippen molar-refractivity contribution in [3.63, 3.8) is 0 Å². The Bertz CT molecular complexity index is 334. The van der Waals surface area contributed by atoms with Gasteiger partial charge in [0.1, 0.15) is 0 Å². The molecule has 0 atom stereocenters. The molecular weight excluding hydrogens is 274 g/mol. The lowest BCUT2D eigenvalue weighted by atomic mass is 10.3. The first-order valence-electron chi connectivity index (χ1n) is 4.62. The second kappa shape index (κ2) is 5.51. The summed E-state index contributed by atoms with van der Waals surface area (Å²) < 4.78 is 1.16. The van der Waals surface area contributed by atoms with E-state index in [-0.39, 0.29) is 0 Å². The fourth-order valence-corrected chi connectivity index (χ4v) is 2.47. The minimum Gasteiger partial charge on any atom is -0.349 e. The summed E-state index contributed by atoms with van der Waals surface area (Å²) in [4.78, 5) is 8.59. The summed E-state index contributed by atoms with van der Waals surface area (Å²) in [5.41, 5.74) is 1.24.